The Labute approximate surface area is 160 Å². The average molecular weight is 413 g/mol. The second kappa shape index (κ2) is 8.73. The van der Waals surface area contributed by atoms with Gasteiger partial charge in [-0.15, -0.1) is 12.4 Å². The van der Waals surface area contributed by atoms with Crippen LogP contribution in [0.4, 0.5) is 22.0 Å². The minimum atomic E-state index is -4.58. The lowest BCUT2D eigenvalue weighted by Gasteiger charge is -2.37. The van der Waals surface area contributed by atoms with Crippen LogP contribution < -0.4 is 5.32 Å². The number of alkyl halides is 3. The minimum Gasteiger partial charge on any atom is -0.326 e. The van der Waals surface area contributed by atoms with E-state index >= 15 is 0 Å². The van der Waals surface area contributed by atoms with Crippen molar-refractivity contribution in [2.24, 2.45) is 0 Å². The maximum absolute atomic E-state index is 14.5. The molecule has 2 heterocycles. The molecule has 3 nitrogen and oxygen atoms in total. The van der Waals surface area contributed by atoms with Crippen molar-refractivity contribution in [3.63, 3.8) is 0 Å². The van der Waals surface area contributed by atoms with E-state index in [1.54, 1.807) is 0 Å². The van der Waals surface area contributed by atoms with Gasteiger partial charge in [0.05, 0.1) is 5.56 Å². The van der Waals surface area contributed by atoms with Crippen LogP contribution >= 0.6 is 12.4 Å². The molecule has 152 valence electrons. The summed E-state index contributed by atoms with van der Waals surface area (Å²) >= 11 is 0. The molecule has 3 rings (SSSR count). The smallest absolute Gasteiger partial charge is 0.326 e. The third-order valence-electron chi connectivity index (χ3n) is 5.24. The first kappa shape index (κ1) is 21.9. The van der Waals surface area contributed by atoms with E-state index in [4.69, 9.17) is 0 Å². The Hall–Kier alpha value is -1.41. The van der Waals surface area contributed by atoms with Crippen LogP contribution in [0.2, 0.25) is 0 Å². The molecule has 9 heteroatoms. The number of carbonyl (C=O) groups excluding carboxylic acids is 1. The van der Waals surface area contributed by atoms with Gasteiger partial charge < -0.3 is 10.2 Å². The number of hydrogen-bond acceptors (Lipinski definition) is 2. The van der Waals surface area contributed by atoms with Crippen LogP contribution in [-0.2, 0) is 0 Å². The fraction of sp³-hybridized carbons (Fsp3) is 0.611. The van der Waals surface area contributed by atoms with Gasteiger partial charge in [0.15, 0.2) is 0 Å². The predicted octanol–water partition coefficient (Wildman–Crippen LogP) is 4.41. The molecule has 2 saturated heterocycles. The largest absolute Gasteiger partial charge is 0.408 e. The summed E-state index contributed by atoms with van der Waals surface area (Å²) < 4.78 is 68.6. The van der Waals surface area contributed by atoms with E-state index in [9.17, 15) is 26.7 Å². The number of hydrogen-bond donors (Lipinski definition) is 1. The molecule has 2 fully saturated rings. The standard InChI is InChI=1S/C18H21F5N2O.ClH/c19-14-10-13(15(20)9-12(14)11-4-6-24-7-5-11)17(26)25-8-2-1-3-16(25)18(21,22)23;/h9-11,16,24H,1-8H2;1H. The molecular formula is C18H22ClF5N2O. The van der Waals surface area contributed by atoms with E-state index in [0.29, 0.717) is 43.7 Å². The van der Waals surface area contributed by atoms with Crippen LogP contribution in [-0.4, -0.2) is 42.7 Å². The molecule has 0 saturated carbocycles. The zero-order chi connectivity index (χ0) is 18.9. The van der Waals surface area contributed by atoms with Gasteiger partial charge in [0.1, 0.15) is 17.7 Å². The molecular weight excluding hydrogens is 391 g/mol. The number of piperidine rings is 2. The summed E-state index contributed by atoms with van der Waals surface area (Å²) in [5.74, 6) is -2.95. The number of likely N-dealkylation sites (tertiary alicyclic amines) is 1. The molecule has 0 aromatic heterocycles. The van der Waals surface area contributed by atoms with Gasteiger partial charge in [-0.05, 0) is 68.8 Å². The third-order valence-corrected chi connectivity index (χ3v) is 5.24. The molecule has 1 amide bonds. The van der Waals surface area contributed by atoms with E-state index in [1.807, 2.05) is 0 Å². The molecule has 1 aromatic carbocycles. The number of carbonyl (C=O) groups is 1. The van der Waals surface area contributed by atoms with Crippen LogP contribution in [0.1, 0.15) is 53.9 Å². The Morgan fingerprint density at radius 1 is 1.04 bits per heavy atom. The second-order valence-corrected chi connectivity index (χ2v) is 6.93. The molecule has 2 aliphatic rings. The van der Waals surface area contributed by atoms with Crippen LogP contribution in [0.25, 0.3) is 0 Å². The summed E-state index contributed by atoms with van der Waals surface area (Å²) in [7, 11) is 0. The quantitative estimate of drug-likeness (QED) is 0.730. The molecule has 1 atom stereocenters. The van der Waals surface area contributed by atoms with Gasteiger partial charge in [0.25, 0.3) is 5.91 Å². The lowest BCUT2D eigenvalue weighted by Crippen LogP contribution is -2.51. The lowest BCUT2D eigenvalue weighted by atomic mass is 9.89. The van der Waals surface area contributed by atoms with Crippen LogP contribution in [0, 0.1) is 11.6 Å². The molecule has 0 radical (unpaired) electrons. The first-order valence-corrected chi connectivity index (χ1v) is 8.86. The van der Waals surface area contributed by atoms with Gasteiger partial charge >= 0.3 is 6.18 Å². The van der Waals surface area contributed by atoms with Crippen LogP contribution in [0.5, 0.6) is 0 Å². The maximum atomic E-state index is 14.5. The second-order valence-electron chi connectivity index (χ2n) is 6.93. The number of nitrogens with one attached hydrogen (secondary N) is 1. The fourth-order valence-corrected chi connectivity index (χ4v) is 3.84. The highest BCUT2D eigenvalue weighted by Crippen LogP contribution is 2.34. The van der Waals surface area contributed by atoms with Gasteiger partial charge in [-0.1, -0.05) is 0 Å². The Kier molecular flexibility index (Phi) is 7.08. The average Bonchev–Trinajstić information content (AvgIpc) is 2.62. The first-order valence-electron chi connectivity index (χ1n) is 8.86. The van der Waals surface area contributed by atoms with Crippen molar-refractivity contribution in [3.05, 3.63) is 34.9 Å². The van der Waals surface area contributed by atoms with Crippen molar-refractivity contribution in [2.75, 3.05) is 19.6 Å². The summed E-state index contributed by atoms with van der Waals surface area (Å²) in [4.78, 5) is 13.2. The van der Waals surface area contributed by atoms with Crippen molar-refractivity contribution < 1.29 is 26.7 Å². The van der Waals surface area contributed by atoms with Crippen molar-refractivity contribution >= 4 is 18.3 Å². The molecule has 1 N–H and O–H groups in total. The Morgan fingerprint density at radius 3 is 2.33 bits per heavy atom. The number of benzene rings is 1. The van der Waals surface area contributed by atoms with Gasteiger partial charge in [0.2, 0.25) is 0 Å². The van der Waals surface area contributed by atoms with Crippen molar-refractivity contribution in [1.82, 2.24) is 10.2 Å². The molecule has 0 aliphatic carbocycles. The van der Waals surface area contributed by atoms with Crippen molar-refractivity contribution in [3.8, 4) is 0 Å². The molecule has 2 aliphatic heterocycles. The zero-order valence-corrected chi connectivity index (χ0v) is 15.4. The predicted molar refractivity (Wildman–Crippen MR) is 93.2 cm³/mol. The van der Waals surface area contributed by atoms with Gasteiger partial charge in [-0.3, -0.25) is 4.79 Å². The normalized spacial score (nSPS) is 21.7. The molecule has 1 unspecified atom stereocenters. The number of amides is 1. The highest BCUT2D eigenvalue weighted by Gasteiger charge is 2.46. The number of halogens is 6. The molecule has 27 heavy (non-hydrogen) atoms. The topological polar surface area (TPSA) is 32.3 Å². The van der Waals surface area contributed by atoms with E-state index in [2.05, 4.69) is 5.32 Å². The van der Waals surface area contributed by atoms with Crippen LogP contribution in [0.3, 0.4) is 0 Å². The Bertz CT molecular complexity index is 676. The van der Waals surface area contributed by atoms with E-state index in [0.717, 1.165) is 12.1 Å². The van der Waals surface area contributed by atoms with E-state index < -0.39 is 35.3 Å². The Morgan fingerprint density at radius 2 is 1.70 bits per heavy atom. The van der Waals surface area contributed by atoms with Crippen LogP contribution in [0.15, 0.2) is 12.1 Å². The summed E-state index contributed by atoms with van der Waals surface area (Å²) in [5.41, 5.74) is -0.442. The zero-order valence-electron chi connectivity index (χ0n) is 14.6. The summed E-state index contributed by atoms with van der Waals surface area (Å²) in [6.45, 7) is 1.26. The molecule has 0 bridgehead atoms. The fourth-order valence-electron chi connectivity index (χ4n) is 3.84. The highest BCUT2D eigenvalue weighted by atomic mass is 35.5. The Balaban J connectivity index is 0.00000261. The number of nitrogens with zero attached hydrogens (tertiary/aromatic N) is 1. The van der Waals surface area contributed by atoms with E-state index in [-0.39, 0.29) is 36.9 Å². The minimum absolute atomic E-state index is 0. The molecule has 1 aromatic rings. The lowest BCUT2D eigenvalue weighted by molar-refractivity contribution is -0.183. The van der Waals surface area contributed by atoms with Crippen molar-refractivity contribution in [1.29, 1.82) is 0 Å². The summed E-state index contributed by atoms with van der Waals surface area (Å²) in [6, 6.07) is -0.211. The van der Waals surface area contributed by atoms with Gasteiger partial charge in [-0.2, -0.15) is 13.2 Å². The molecule has 0 spiro atoms. The summed E-state index contributed by atoms with van der Waals surface area (Å²) in [6.07, 6.45) is -2.75. The van der Waals surface area contributed by atoms with E-state index in [1.165, 1.54) is 0 Å². The number of rotatable bonds is 2. The first-order chi connectivity index (χ1) is 12.3. The van der Waals surface area contributed by atoms with Gasteiger partial charge in [0, 0.05) is 6.54 Å². The summed E-state index contributed by atoms with van der Waals surface area (Å²) in [5, 5.41) is 3.13. The monoisotopic (exact) mass is 412 g/mol. The third kappa shape index (κ3) is 4.71. The highest BCUT2D eigenvalue weighted by molar-refractivity contribution is 5.95. The SMILES string of the molecule is Cl.O=C(c1cc(F)c(C2CCNCC2)cc1F)N1CCCCC1C(F)(F)F. The van der Waals surface area contributed by atoms with Crippen molar-refractivity contribution in [2.45, 2.75) is 50.2 Å². The van der Waals surface area contributed by atoms with Gasteiger partial charge in [-0.25, -0.2) is 8.78 Å². The maximum Gasteiger partial charge on any atom is 0.408 e.